The van der Waals surface area contributed by atoms with Crippen molar-refractivity contribution in [3.63, 3.8) is 0 Å². The molecule has 1 amide bonds. The number of hydrogen-bond acceptors (Lipinski definition) is 9. The molecule has 4 aromatic carbocycles. The Labute approximate surface area is 331 Å². The molecule has 11 nitrogen and oxygen atoms in total. The Balaban J connectivity index is 0.000000172. The Kier molecular flexibility index (Phi) is 11.0. The third kappa shape index (κ3) is 7.51. The van der Waals surface area contributed by atoms with Gasteiger partial charge in [-0.25, -0.2) is 0 Å². The summed E-state index contributed by atoms with van der Waals surface area (Å²) in [5.41, 5.74) is 6.48. The number of nitrogens with zero attached hydrogens (tertiary/aromatic N) is 2. The van der Waals surface area contributed by atoms with E-state index in [1.54, 1.807) is 33.4 Å². The summed E-state index contributed by atoms with van der Waals surface area (Å²) in [5, 5.41) is 7.57. The minimum atomic E-state index is -0.455. The van der Waals surface area contributed by atoms with Crippen molar-refractivity contribution in [1.82, 2.24) is 15.1 Å². The molecule has 4 heterocycles. The topological polar surface area (TPSA) is 119 Å². The number of nitrogens with one attached hydrogen (secondary N) is 1. The number of rotatable bonds is 9. The van der Waals surface area contributed by atoms with Crippen LogP contribution < -0.4 is 33.7 Å². The fraction of sp³-hybridized carbons (Fsp3) is 0.295. The van der Waals surface area contributed by atoms with E-state index in [-0.39, 0.29) is 24.4 Å². The van der Waals surface area contributed by atoms with E-state index < -0.39 is 12.0 Å². The highest BCUT2D eigenvalue weighted by atomic mass is 35.5. The van der Waals surface area contributed by atoms with Crippen molar-refractivity contribution < 1.29 is 38.0 Å². The second-order valence-electron chi connectivity index (χ2n) is 14.0. The average molecular weight is 778 g/mol. The van der Waals surface area contributed by atoms with Crippen LogP contribution in [-0.4, -0.2) is 54.5 Å². The molecule has 0 bridgehead atoms. The molecule has 12 heteroatoms. The van der Waals surface area contributed by atoms with Crippen molar-refractivity contribution in [2.24, 2.45) is 7.05 Å². The summed E-state index contributed by atoms with van der Waals surface area (Å²) in [6.07, 6.45) is 0.840. The number of halogens is 1. The lowest BCUT2D eigenvalue weighted by Gasteiger charge is -2.37. The molecule has 3 aliphatic heterocycles. The van der Waals surface area contributed by atoms with Gasteiger partial charge < -0.3 is 33.7 Å². The van der Waals surface area contributed by atoms with E-state index in [1.165, 1.54) is 10.2 Å². The van der Waals surface area contributed by atoms with E-state index in [0.29, 0.717) is 58.7 Å². The second-order valence-corrected chi connectivity index (χ2v) is 14.3. The van der Waals surface area contributed by atoms with Gasteiger partial charge in [-0.3, -0.25) is 14.3 Å². The first-order chi connectivity index (χ1) is 27.0. The molecule has 1 aromatic heterocycles. The van der Waals surface area contributed by atoms with Crippen LogP contribution in [0.15, 0.2) is 84.9 Å². The Bertz CT molecular complexity index is 2300. The summed E-state index contributed by atoms with van der Waals surface area (Å²) in [6, 6.07) is 22.7. The maximum Gasteiger partial charge on any atom is 0.271 e. The molecule has 0 saturated heterocycles. The van der Waals surface area contributed by atoms with Crippen LogP contribution in [0.1, 0.15) is 68.6 Å². The summed E-state index contributed by atoms with van der Waals surface area (Å²) in [7, 11) is 4.86. The molecule has 56 heavy (non-hydrogen) atoms. The van der Waals surface area contributed by atoms with Crippen molar-refractivity contribution in [3.05, 3.63) is 129 Å². The van der Waals surface area contributed by atoms with Crippen molar-refractivity contribution in [2.45, 2.75) is 58.3 Å². The summed E-state index contributed by atoms with van der Waals surface area (Å²) >= 11 is 6.25. The van der Waals surface area contributed by atoms with Crippen LogP contribution in [0.4, 0.5) is 0 Å². The highest BCUT2D eigenvalue weighted by Crippen LogP contribution is 2.50. The standard InChI is InChI=1S/C23H22O6.C21H22ClN3O2/c1-11(2)16-8-14-15(28-16)6-5-12-22(24)21-13-7-18(25-3)19(26-4)9-17(13)27-10-20(21)29-23(12)14;1-4-18-19(22)20(25(3)24-18)21(26)23-13-15-7-11-17(12-8-15)27-16-9-5-14(2)6-10-16/h5-7,9,16,20-21H,1,8,10H2,2-4H3;5-12H,4,13H2,1-3H3,(H,23,26)/t16-,20-,21+;/m1./s1. The molecule has 0 spiro atoms. The van der Waals surface area contributed by atoms with Crippen LogP contribution >= 0.6 is 11.6 Å². The molecule has 0 unspecified atom stereocenters. The number of carbonyl (C=O) groups excluding carboxylic acids is 2. The van der Waals surface area contributed by atoms with Crippen molar-refractivity contribution in [1.29, 1.82) is 0 Å². The number of ketones is 1. The normalized spacial score (nSPS) is 17.3. The predicted molar refractivity (Wildman–Crippen MR) is 212 cm³/mol. The molecule has 1 N–H and O–H groups in total. The minimum absolute atomic E-state index is 0.0228. The van der Waals surface area contributed by atoms with Crippen LogP contribution in [0.5, 0.6) is 40.2 Å². The SMILES string of the molecule is C=C(C)[C@H]1Cc2c(ccc3c2O[C@@H]2COc4cc(OC)c(OC)cc4[C@@H]2C3=O)O1.CCc1nn(C)c(C(=O)NCc2ccc(Oc3ccc(C)cc3)cc2)c1Cl. The molecule has 290 valence electrons. The van der Waals surface area contributed by atoms with Gasteiger partial charge in [0.1, 0.15) is 53.3 Å². The lowest BCUT2D eigenvalue weighted by atomic mass is 9.81. The summed E-state index contributed by atoms with van der Waals surface area (Å²) in [5.74, 6) is 3.98. The van der Waals surface area contributed by atoms with E-state index >= 15 is 0 Å². The maximum atomic E-state index is 13.5. The highest BCUT2D eigenvalue weighted by molar-refractivity contribution is 6.34. The van der Waals surface area contributed by atoms with Crippen LogP contribution in [0, 0.1) is 6.92 Å². The molecule has 3 aliphatic rings. The number of methoxy groups -OCH3 is 2. The van der Waals surface area contributed by atoms with Gasteiger partial charge in [-0.15, -0.1) is 0 Å². The zero-order valence-corrected chi connectivity index (χ0v) is 33.0. The zero-order chi connectivity index (χ0) is 39.7. The first-order valence-electron chi connectivity index (χ1n) is 18.4. The molecule has 0 aliphatic carbocycles. The van der Waals surface area contributed by atoms with Gasteiger partial charge in [0, 0.05) is 37.2 Å². The monoisotopic (exact) mass is 777 g/mol. The first-order valence-corrected chi connectivity index (χ1v) is 18.8. The lowest BCUT2D eigenvalue weighted by Crippen LogP contribution is -2.43. The maximum absolute atomic E-state index is 13.5. The second kappa shape index (κ2) is 16.0. The molecule has 3 atom stereocenters. The van der Waals surface area contributed by atoms with E-state index in [4.69, 9.17) is 40.0 Å². The van der Waals surface area contributed by atoms with Crippen LogP contribution in [0.3, 0.4) is 0 Å². The van der Waals surface area contributed by atoms with Gasteiger partial charge in [0.25, 0.3) is 5.91 Å². The van der Waals surface area contributed by atoms with E-state index in [2.05, 4.69) is 17.0 Å². The van der Waals surface area contributed by atoms with Gasteiger partial charge in [0.2, 0.25) is 0 Å². The Hall–Kier alpha value is -5.94. The first kappa shape index (κ1) is 38.3. The fourth-order valence-electron chi connectivity index (χ4n) is 7.05. The number of ether oxygens (including phenoxy) is 6. The minimum Gasteiger partial charge on any atom is -0.493 e. The third-order valence-electron chi connectivity index (χ3n) is 10.1. The molecule has 0 radical (unpaired) electrons. The smallest absolute Gasteiger partial charge is 0.271 e. The summed E-state index contributed by atoms with van der Waals surface area (Å²) in [6.45, 7) is 10.6. The zero-order valence-electron chi connectivity index (χ0n) is 32.2. The number of Topliss-reactive ketones (excluding diaryl/α,β-unsaturated/α-hetero) is 1. The Morgan fingerprint density at radius 1 is 0.982 bits per heavy atom. The molecule has 8 rings (SSSR count). The number of hydrogen-bond donors (Lipinski definition) is 1. The summed E-state index contributed by atoms with van der Waals surface area (Å²) < 4.78 is 36.3. The number of aryl methyl sites for hydroxylation is 3. The van der Waals surface area contributed by atoms with E-state index in [1.807, 2.05) is 81.4 Å². The lowest BCUT2D eigenvalue weighted by molar-refractivity contribution is 0.0554. The number of carbonyl (C=O) groups is 2. The van der Waals surface area contributed by atoms with Gasteiger partial charge in [-0.05, 0) is 73.9 Å². The number of amides is 1. The molecular formula is C44H44ClN3O8. The molecule has 0 fully saturated rings. The number of fused-ring (bicyclic) bond motifs is 6. The Morgan fingerprint density at radius 2 is 1.66 bits per heavy atom. The van der Waals surface area contributed by atoms with Gasteiger partial charge >= 0.3 is 0 Å². The van der Waals surface area contributed by atoms with Crippen LogP contribution in [0.2, 0.25) is 5.02 Å². The predicted octanol–water partition coefficient (Wildman–Crippen LogP) is 8.37. The van der Waals surface area contributed by atoms with Crippen molar-refractivity contribution in [3.8, 4) is 40.2 Å². The fourth-order valence-corrected chi connectivity index (χ4v) is 7.43. The van der Waals surface area contributed by atoms with Crippen molar-refractivity contribution in [2.75, 3.05) is 20.8 Å². The molecular weight excluding hydrogens is 734 g/mol. The quantitative estimate of drug-likeness (QED) is 0.147. The number of aromatic nitrogens is 2. The molecule has 5 aromatic rings. The van der Waals surface area contributed by atoms with Crippen LogP contribution in [0.25, 0.3) is 0 Å². The van der Waals surface area contributed by atoms with Gasteiger partial charge in [-0.2, -0.15) is 5.10 Å². The van der Waals surface area contributed by atoms with Crippen molar-refractivity contribution >= 4 is 23.3 Å². The van der Waals surface area contributed by atoms with Gasteiger partial charge in [0.15, 0.2) is 17.3 Å². The van der Waals surface area contributed by atoms with E-state index in [9.17, 15) is 9.59 Å². The highest BCUT2D eigenvalue weighted by Gasteiger charge is 2.45. The number of benzene rings is 4. The molecule has 0 saturated carbocycles. The summed E-state index contributed by atoms with van der Waals surface area (Å²) in [4.78, 5) is 26.0. The van der Waals surface area contributed by atoms with Crippen LogP contribution in [-0.2, 0) is 26.4 Å². The van der Waals surface area contributed by atoms with Gasteiger partial charge in [-0.1, -0.05) is 54.9 Å². The average Bonchev–Trinajstić information content (AvgIpc) is 3.78. The largest absolute Gasteiger partial charge is 0.493 e. The van der Waals surface area contributed by atoms with E-state index in [0.717, 1.165) is 45.2 Å². The Morgan fingerprint density at radius 3 is 2.30 bits per heavy atom. The third-order valence-corrected chi connectivity index (χ3v) is 10.5. The van der Waals surface area contributed by atoms with Gasteiger partial charge in [0.05, 0.1) is 36.4 Å².